The molecule has 0 saturated carbocycles. The van der Waals surface area contributed by atoms with Gasteiger partial charge >= 0.3 is 0 Å². The van der Waals surface area contributed by atoms with Crippen LogP contribution in [0.3, 0.4) is 0 Å². The zero-order valence-electron chi connectivity index (χ0n) is 7.66. The summed E-state index contributed by atoms with van der Waals surface area (Å²) in [5, 5.41) is 3.51. The van der Waals surface area contributed by atoms with E-state index in [1.54, 1.807) is 6.26 Å². The molecule has 2 nitrogen and oxygen atoms in total. The topological polar surface area (TPSA) is 25.2 Å². The molecule has 0 aliphatic carbocycles. The lowest BCUT2D eigenvalue weighted by Crippen LogP contribution is -2.33. The van der Waals surface area contributed by atoms with Gasteiger partial charge in [-0.1, -0.05) is 0 Å². The van der Waals surface area contributed by atoms with Gasteiger partial charge in [-0.05, 0) is 30.7 Å². The summed E-state index contributed by atoms with van der Waals surface area (Å²) in [6, 6.07) is 4.64. The summed E-state index contributed by atoms with van der Waals surface area (Å²) in [4.78, 5) is 0. The van der Waals surface area contributed by atoms with Crippen LogP contribution in [-0.2, 0) is 6.54 Å². The Labute approximate surface area is 83.1 Å². The molecule has 1 aromatic heterocycles. The maximum atomic E-state index is 5.26. The third-order valence-corrected chi connectivity index (χ3v) is 3.52. The van der Waals surface area contributed by atoms with Crippen LogP contribution in [0.1, 0.15) is 18.6 Å². The molecule has 1 N–H and O–H groups in total. The molecule has 0 spiro atoms. The lowest BCUT2D eigenvalue weighted by Gasteiger charge is -2.21. The summed E-state index contributed by atoms with van der Waals surface area (Å²) < 4.78 is 5.26. The minimum atomic E-state index is 0.684. The second-order valence-corrected chi connectivity index (χ2v) is 4.52. The zero-order chi connectivity index (χ0) is 8.93. The van der Waals surface area contributed by atoms with Crippen LogP contribution in [0.25, 0.3) is 0 Å². The molecule has 1 saturated heterocycles. The number of hydrogen-bond acceptors (Lipinski definition) is 3. The van der Waals surface area contributed by atoms with Crippen LogP contribution in [0.5, 0.6) is 0 Å². The number of furan rings is 1. The van der Waals surface area contributed by atoms with Gasteiger partial charge in [0.1, 0.15) is 5.76 Å². The quantitative estimate of drug-likeness (QED) is 0.804. The van der Waals surface area contributed by atoms with Crippen molar-refractivity contribution >= 4 is 11.8 Å². The Hall–Kier alpha value is -0.410. The molecule has 1 aromatic rings. The Bertz CT molecular complexity index is 229. The lowest BCUT2D eigenvalue weighted by molar-refractivity contribution is 0.442. The van der Waals surface area contributed by atoms with Crippen LogP contribution in [0.15, 0.2) is 22.8 Å². The molecule has 72 valence electrons. The third kappa shape index (κ3) is 2.78. The van der Waals surface area contributed by atoms with Gasteiger partial charge in [0.25, 0.3) is 0 Å². The van der Waals surface area contributed by atoms with Gasteiger partial charge in [0.05, 0.1) is 12.8 Å². The van der Waals surface area contributed by atoms with E-state index in [4.69, 9.17) is 4.42 Å². The monoisotopic (exact) mass is 197 g/mol. The third-order valence-electron chi connectivity index (χ3n) is 2.31. The van der Waals surface area contributed by atoms with Crippen molar-refractivity contribution < 1.29 is 4.42 Å². The van der Waals surface area contributed by atoms with Crippen LogP contribution < -0.4 is 5.32 Å². The first-order valence-corrected chi connectivity index (χ1v) is 5.94. The maximum Gasteiger partial charge on any atom is 0.117 e. The minimum Gasteiger partial charge on any atom is -0.468 e. The van der Waals surface area contributed by atoms with Crippen LogP contribution >= 0.6 is 11.8 Å². The van der Waals surface area contributed by atoms with Crippen molar-refractivity contribution in [2.24, 2.45) is 0 Å². The lowest BCUT2D eigenvalue weighted by atomic mass is 10.2. The molecule has 2 heterocycles. The summed E-state index contributed by atoms with van der Waals surface area (Å²) in [6.45, 7) is 0.873. The summed E-state index contributed by atoms with van der Waals surface area (Å²) in [5.74, 6) is 3.62. The van der Waals surface area contributed by atoms with Gasteiger partial charge in [0.15, 0.2) is 0 Å². The number of hydrogen-bond donors (Lipinski definition) is 1. The minimum absolute atomic E-state index is 0.684. The Kier molecular flexibility index (Phi) is 3.33. The number of nitrogens with one attached hydrogen (secondary N) is 1. The van der Waals surface area contributed by atoms with Gasteiger partial charge in [-0.25, -0.2) is 0 Å². The van der Waals surface area contributed by atoms with E-state index in [2.05, 4.69) is 5.32 Å². The molecular weight excluding hydrogens is 182 g/mol. The van der Waals surface area contributed by atoms with E-state index in [-0.39, 0.29) is 0 Å². The molecule has 3 heteroatoms. The van der Waals surface area contributed by atoms with Crippen molar-refractivity contribution in [3.8, 4) is 0 Å². The van der Waals surface area contributed by atoms with Crippen molar-refractivity contribution in [3.63, 3.8) is 0 Å². The molecule has 1 aliphatic heterocycles. The maximum absolute atomic E-state index is 5.26. The van der Waals surface area contributed by atoms with E-state index in [0.717, 1.165) is 12.3 Å². The molecule has 1 fully saturated rings. The normalized spacial score (nSPS) is 23.2. The SMILES string of the molecule is c1coc(CNC2CCCSC2)c1. The van der Waals surface area contributed by atoms with E-state index in [1.165, 1.54) is 24.3 Å². The molecule has 0 aromatic carbocycles. The van der Waals surface area contributed by atoms with Gasteiger partial charge in [0.2, 0.25) is 0 Å². The molecular formula is C10H15NOS. The highest BCUT2D eigenvalue weighted by molar-refractivity contribution is 7.99. The van der Waals surface area contributed by atoms with Gasteiger partial charge in [-0.3, -0.25) is 0 Å². The average Bonchev–Trinajstić information content (AvgIpc) is 2.69. The standard InChI is InChI=1S/C10H15NOS/c1-4-10(12-5-1)7-11-9-3-2-6-13-8-9/h1,4-5,9,11H,2-3,6-8H2. The highest BCUT2D eigenvalue weighted by Crippen LogP contribution is 2.17. The van der Waals surface area contributed by atoms with Crippen molar-refractivity contribution in [1.82, 2.24) is 5.32 Å². The number of thioether (sulfide) groups is 1. The zero-order valence-corrected chi connectivity index (χ0v) is 8.48. The molecule has 0 amide bonds. The second kappa shape index (κ2) is 4.72. The van der Waals surface area contributed by atoms with Crippen LogP contribution in [0.2, 0.25) is 0 Å². The van der Waals surface area contributed by atoms with Gasteiger partial charge < -0.3 is 9.73 Å². The second-order valence-electron chi connectivity index (χ2n) is 3.37. The Morgan fingerprint density at radius 1 is 1.62 bits per heavy atom. The smallest absolute Gasteiger partial charge is 0.117 e. The first kappa shape index (κ1) is 9.16. The predicted molar refractivity (Wildman–Crippen MR) is 55.9 cm³/mol. The van der Waals surface area contributed by atoms with Crippen LogP contribution in [-0.4, -0.2) is 17.5 Å². The van der Waals surface area contributed by atoms with E-state index < -0.39 is 0 Å². The van der Waals surface area contributed by atoms with E-state index in [9.17, 15) is 0 Å². The summed E-state index contributed by atoms with van der Waals surface area (Å²) in [5.41, 5.74) is 0. The molecule has 1 aliphatic rings. The highest BCUT2D eigenvalue weighted by Gasteiger charge is 2.12. The Morgan fingerprint density at radius 2 is 2.62 bits per heavy atom. The molecule has 0 radical (unpaired) electrons. The van der Waals surface area contributed by atoms with E-state index in [0.29, 0.717) is 6.04 Å². The Morgan fingerprint density at radius 3 is 3.31 bits per heavy atom. The largest absolute Gasteiger partial charge is 0.468 e. The van der Waals surface area contributed by atoms with Crippen LogP contribution in [0, 0.1) is 0 Å². The van der Waals surface area contributed by atoms with Crippen LogP contribution in [0.4, 0.5) is 0 Å². The van der Waals surface area contributed by atoms with Crippen molar-refractivity contribution in [2.45, 2.75) is 25.4 Å². The van der Waals surface area contributed by atoms with E-state index in [1.807, 2.05) is 23.9 Å². The first-order chi connectivity index (χ1) is 6.45. The van der Waals surface area contributed by atoms with Crippen molar-refractivity contribution in [2.75, 3.05) is 11.5 Å². The molecule has 0 bridgehead atoms. The van der Waals surface area contributed by atoms with E-state index >= 15 is 0 Å². The predicted octanol–water partition coefficient (Wildman–Crippen LogP) is 2.26. The molecule has 2 rings (SSSR count). The Balaban J connectivity index is 1.72. The van der Waals surface area contributed by atoms with Gasteiger partial charge in [-0.15, -0.1) is 0 Å². The average molecular weight is 197 g/mol. The number of rotatable bonds is 3. The highest BCUT2D eigenvalue weighted by atomic mass is 32.2. The fraction of sp³-hybridized carbons (Fsp3) is 0.600. The summed E-state index contributed by atoms with van der Waals surface area (Å²) in [6.07, 6.45) is 4.39. The van der Waals surface area contributed by atoms with Crippen molar-refractivity contribution in [3.05, 3.63) is 24.2 Å². The first-order valence-electron chi connectivity index (χ1n) is 4.78. The summed E-state index contributed by atoms with van der Waals surface area (Å²) in [7, 11) is 0. The van der Waals surface area contributed by atoms with Crippen molar-refractivity contribution in [1.29, 1.82) is 0 Å². The molecule has 1 unspecified atom stereocenters. The fourth-order valence-electron chi connectivity index (χ4n) is 1.56. The van der Waals surface area contributed by atoms with Gasteiger partial charge in [-0.2, -0.15) is 11.8 Å². The summed E-state index contributed by atoms with van der Waals surface area (Å²) >= 11 is 2.05. The van der Waals surface area contributed by atoms with Gasteiger partial charge in [0, 0.05) is 11.8 Å². The fourth-order valence-corrected chi connectivity index (χ4v) is 2.67. The molecule has 1 atom stereocenters. The molecule has 13 heavy (non-hydrogen) atoms.